The van der Waals surface area contributed by atoms with Crippen LogP contribution in [-0.2, 0) is 21.5 Å². The molecule has 196 valence electrons. The molecule has 1 heterocycles. The third-order valence-corrected chi connectivity index (χ3v) is 7.87. The Morgan fingerprint density at radius 2 is 1.76 bits per heavy atom. The fraction of sp³-hybridized carbons (Fsp3) is 0.120. The van der Waals surface area contributed by atoms with Crippen molar-refractivity contribution in [2.75, 3.05) is 7.11 Å². The molecule has 3 aromatic rings. The molecule has 0 N–H and O–H groups in total. The molecule has 0 saturated carbocycles. The first-order chi connectivity index (χ1) is 18.0. The zero-order valence-electron chi connectivity index (χ0n) is 19.9. The van der Waals surface area contributed by atoms with Crippen molar-refractivity contribution in [3.05, 3.63) is 97.4 Å². The summed E-state index contributed by atoms with van der Waals surface area (Å²) in [5.74, 6) is -0.606. The van der Waals surface area contributed by atoms with Gasteiger partial charge in [0.15, 0.2) is 11.5 Å². The summed E-state index contributed by atoms with van der Waals surface area (Å²) in [5, 5.41) is 11.3. The van der Waals surface area contributed by atoms with Crippen LogP contribution in [0.4, 0.5) is 10.5 Å². The minimum Gasteiger partial charge on any atom is -0.493 e. The number of halogens is 1. The molecule has 1 fully saturated rings. The van der Waals surface area contributed by atoms with Crippen molar-refractivity contribution in [2.45, 2.75) is 18.4 Å². The van der Waals surface area contributed by atoms with Crippen LogP contribution in [0.5, 0.6) is 11.5 Å². The van der Waals surface area contributed by atoms with Gasteiger partial charge in [-0.25, -0.2) is 0 Å². The third-order valence-electron chi connectivity index (χ3n) is 5.48. The molecule has 0 spiro atoms. The number of amides is 2. The van der Waals surface area contributed by atoms with Gasteiger partial charge in [0.25, 0.3) is 16.8 Å². The lowest BCUT2D eigenvalue weighted by molar-refractivity contribution is -0.385. The first-order valence-corrected chi connectivity index (χ1v) is 13.5. The number of methoxy groups -OCH3 is 1. The average Bonchev–Trinajstić information content (AvgIpc) is 3.13. The highest BCUT2D eigenvalue weighted by molar-refractivity contribution is 8.18. The number of rotatable bonds is 8. The summed E-state index contributed by atoms with van der Waals surface area (Å²) in [6.07, 6.45) is 1.48. The van der Waals surface area contributed by atoms with Crippen LogP contribution in [0.25, 0.3) is 6.08 Å². The molecule has 13 heteroatoms. The fourth-order valence-corrected chi connectivity index (χ4v) is 5.44. The zero-order chi connectivity index (χ0) is 27.6. The molecule has 0 bridgehead atoms. The molecule has 0 unspecified atom stereocenters. The number of imide groups is 1. The van der Waals surface area contributed by atoms with Gasteiger partial charge in [0.1, 0.15) is 4.90 Å². The number of nitro groups is 1. The highest BCUT2D eigenvalue weighted by atomic mass is 35.5. The summed E-state index contributed by atoms with van der Waals surface area (Å²) >= 11 is 6.67. The molecule has 2 amide bonds. The van der Waals surface area contributed by atoms with Gasteiger partial charge in [-0.3, -0.25) is 24.6 Å². The molecule has 1 saturated heterocycles. The largest absolute Gasteiger partial charge is 0.493 e. The Balaban J connectivity index is 1.56. The first-order valence-electron chi connectivity index (χ1n) is 10.9. The second kappa shape index (κ2) is 10.9. The second-order valence-corrected chi connectivity index (χ2v) is 11.0. The maximum Gasteiger partial charge on any atom is 0.339 e. The van der Waals surface area contributed by atoms with E-state index in [1.807, 2.05) is 0 Å². The molecule has 0 aromatic heterocycles. The normalized spacial score (nSPS) is 14.7. The zero-order valence-corrected chi connectivity index (χ0v) is 22.3. The molecule has 38 heavy (non-hydrogen) atoms. The lowest BCUT2D eigenvalue weighted by Crippen LogP contribution is -2.27. The Morgan fingerprint density at radius 3 is 2.42 bits per heavy atom. The maximum atomic E-state index is 12.9. The smallest absolute Gasteiger partial charge is 0.339 e. The molecule has 0 radical (unpaired) electrons. The minimum atomic E-state index is -4.43. The number of thioether (sulfide) groups is 1. The molecular formula is C25H19ClN2O8S2. The Labute approximate surface area is 227 Å². The van der Waals surface area contributed by atoms with E-state index >= 15 is 0 Å². The van der Waals surface area contributed by atoms with Crippen molar-refractivity contribution < 1.29 is 31.9 Å². The van der Waals surface area contributed by atoms with Gasteiger partial charge in [-0.15, -0.1) is 0 Å². The van der Waals surface area contributed by atoms with Crippen LogP contribution in [0.1, 0.15) is 16.7 Å². The van der Waals surface area contributed by atoms with Gasteiger partial charge in [-0.2, -0.15) is 8.42 Å². The van der Waals surface area contributed by atoms with Gasteiger partial charge < -0.3 is 8.92 Å². The van der Waals surface area contributed by atoms with Crippen molar-refractivity contribution in [1.29, 1.82) is 0 Å². The van der Waals surface area contributed by atoms with Gasteiger partial charge in [0.2, 0.25) is 0 Å². The molecule has 4 rings (SSSR count). The Bertz CT molecular complexity index is 1590. The van der Waals surface area contributed by atoms with Crippen LogP contribution in [0.3, 0.4) is 0 Å². The molecular weight excluding hydrogens is 556 g/mol. The number of ether oxygens (including phenoxy) is 1. The number of carbonyl (C=O) groups excluding carboxylic acids is 2. The van der Waals surface area contributed by atoms with Gasteiger partial charge in [0.05, 0.1) is 23.5 Å². The second-order valence-electron chi connectivity index (χ2n) is 8.05. The van der Waals surface area contributed by atoms with E-state index in [0.717, 1.165) is 28.3 Å². The van der Waals surface area contributed by atoms with Crippen molar-refractivity contribution in [3.8, 4) is 11.5 Å². The minimum absolute atomic E-state index is 0.0318. The van der Waals surface area contributed by atoms with Gasteiger partial charge in [-0.1, -0.05) is 35.9 Å². The highest BCUT2D eigenvalue weighted by Crippen LogP contribution is 2.36. The van der Waals surface area contributed by atoms with Crippen LogP contribution < -0.4 is 8.92 Å². The topological polar surface area (TPSA) is 133 Å². The van der Waals surface area contributed by atoms with Crippen LogP contribution in [0, 0.1) is 17.0 Å². The van der Waals surface area contributed by atoms with Gasteiger partial charge >= 0.3 is 10.1 Å². The number of benzene rings is 3. The summed E-state index contributed by atoms with van der Waals surface area (Å²) in [5.41, 5.74) is 1.13. The Kier molecular flexibility index (Phi) is 7.76. The molecule has 1 aliphatic heterocycles. The highest BCUT2D eigenvalue weighted by Gasteiger charge is 2.35. The maximum absolute atomic E-state index is 12.9. The Morgan fingerprint density at radius 1 is 1.05 bits per heavy atom. The van der Waals surface area contributed by atoms with Gasteiger partial charge in [0, 0.05) is 16.7 Å². The van der Waals surface area contributed by atoms with Gasteiger partial charge in [-0.05, 0) is 66.2 Å². The van der Waals surface area contributed by atoms with E-state index in [0.29, 0.717) is 16.1 Å². The lowest BCUT2D eigenvalue weighted by atomic mass is 10.1. The van der Waals surface area contributed by atoms with Crippen molar-refractivity contribution in [1.82, 2.24) is 4.90 Å². The summed E-state index contributed by atoms with van der Waals surface area (Å²) in [4.78, 5) is 36.7. The van der Waals surface area contributed by atoms with Crippen LogP contribution in [-0.4, -0.2) is 36.5 Å². The van der Waals surface area contributed by atoms with Crippen molar-refractivity contribution in [2.24, 2.45) is 0 Å². The first kappa shape index (κ1) is 27.2. The van der Waals surface area contributed by atoms with Crippen LogP contribution in [0.2, 0.25) is 5.02 Å². The molecule has 10 nitrogen and oxygen atoms in total. The van der Waals surface area contributed by atoms with E-state index in [1.54, 1.807) is 24.3 Å². The number of hydrogen-bond donors (Lipinski definition) is 0. The predicted molar refractivity (Wildman–Crippen MR) is 142 cm³/mol. The van der Waals surface area contributed by atoms with Crippen LogP contribution in [0.15, 0.2) is 70.5 Å². The summed E-state index contributed by atoms with van der Waals surface area (Å²) < 4.78 is 36.0. The monoisotopic (exact) mass is 574 g/mol. The third kappa shape index (κ3) is 5.82. The van der Waals surface area contributed by atoms with E-state index in [-0.39, 0.29) is 28.6 Å². The Hall–Kier alpha value is -3.87. The van der Waals surface area contributed by atoms with E-state index in [9.17, 15) is 28.1 Å². The lowest BCUT2D eigenvalue weighted by Gasteiger charge is -2.12. The van der Waals surface area contributed by atoms with Crippen molar-refractivity contribution in [3.63, 3.8) is 0 Å². The fourth-order valence-electron chi connectivity index (χ4n) is 3.51. The number of nitrogens with zero attached hydrogens (tertiary/aromatic N) is 2. The quantitative estimate of drug-likeness (QED) is 0.146. The van der Waals surface area contributed by atoms with E-state index in [4.69, 9.17) is 20.5 Å². The molecule has 1 aliphatic rings. The van der Waals surface area contributed by atoms with Crippen LogP contribution >= 0.6 is 23.4 Å². The van der Waals surface area contributed by atoms with E-state index < -0.39 is 31.1 Å². The summed E-state index contributed by atoms with van der Waals surface area (Å²) in [6.45, 7) is 1.58. The molecule has 0 atom stereocenters. The molecule has 0 aliphatic carbocycles. The number of nitro benzene ring substituents is 1. The van der Waals surface area contributed by atoms with E-state index in [1.165, 1.54) is 50.4 Å². The summed E-state index contributed by atoms with van der Waals surface area (Å²) in [6, 6.07) is 14.5. The number of carbonyl (C=O) groups is 2. The SMILES string of the molecule is COc1cc(/C=C2\SC(=O)N(Cc3ccc(Cl)cc3)C2=O)ccc1OS(=O)(=O)c1ccc(C)c([N+](=O)[O-])c1. The summed E-state index contributed by atoms with van der Waals surface area (Å²) in [7, 11) is -3.13. The predicted octanol–water partition coefficient (Wildman–Crippen LogP) is 5.57. The van der Waals surface area contributed by atoms with E-state index in [2.05, 4.69) is 0 Å². The van der Waals surface area contributed by atoms with Crippen molar-refractivity contribution >= 4 is 56.4 Å². The standard InChI is InChI=1S/C25H19ClN2O8S2/c1-15-3-9-19(13-20(15)28(31)32)38(33,34)36-21-10-6-17(11-22(21)35-2)12-23-24(29)27(25(30)37-23)14-16-4-7-18(26)8-5-16/h3-13H,14H2,1-2H3/b23-12-. The molecule has 3 aromatic carbocycles. The number of aryl methyl sites for hydroxylation is 1. The number of hydrogen-bond acceptors (Lipinski definition) is 9. The average molecular weight is 575 g/mol.